The van der Waals surface area contributed by atoms with Crippen molar-refractivity contribution in [3.05, 3.63) is 42.9 Å². The highest BCUT2D eigenvalue weighted by molar-refractivity contribution is 5.31. The molecule has 2 aromatic rings. The number of pyridine rings is 1. The van der Waals surface area contributed by atoms with Crippen molar-refractivity contribution in [1.29, 1.82) is 0 Å². The van der Waals surface area contributed by atoms with E-state index < -0.39 is 0 Å². The lowest BCUT2D eigenvalue weighted by Gasteiger charge is -1.89. The maximum absolute atomic E-state index is 5.23. The van der Waals surface area contributed by atoms with E-state index in [1.54, 1.807) is 18.5 Å². The number of hydrogen-bond acceptors (Lipinski definition) is 5. The van der Waals surface area contributed by atoms with E-state index in [1.807, 2.05) is 18.2 Å². The first-order valence-electron chi connectivity index (χ1n) is 3.98. The van der Waals surface area contributed by atoms with Crippen molar-refractivity contribution in [2.75, 3.05) is 11.5 Å². The minimum atomic E-state index is 0.213. The summed E-state index contributed by atoms with van der Waals surface area (Å²) < 4.78 is 0. The molecule has 4 N–H and O–H groups in total. The summed E-state index contributed by atoms with van der Waals surface area (Å²) in [5, 5.41) is 0. The lowest BCUT2D eigenvalue weighted by Crippen LogP contribution is -1.96. The van der Waals surface area contributed by atoms with Crippen molar-refractivity contribution in [2.24, 2.45) is 0 Å². The fraction of sp³-hybridized carbons (Fsp3) is 0. The highest BCUT2D eigenvalue weighted by Gasteiger charge is 1.84. The van der Waals surface area contributed by atoms with E-state index in [0.29, 0.717) is 5.82 Å². The molecule has 2 aromatic heterocycles. The Morgan fingerprint density at radius 3 is 1.93 bits per heavy atom. The van der Waals surface area contributed by atoms with E-state index in [4.69, 9.17) is 11.5 Å². The topological polar surface area (TPSA) is 90.7 Å². The third-order valence-electron chi connectivity index (χ3n) is 1.26. The molecule has 0 bridgehead atoms. The number of nitrogen functional groups attached to an aromatic ring is 2. The smallest absolute Gasteiger partial charge is 0.221 e. The minimum Gasteiger partial charge on any atom is -0.384 e. The fourth-order valence-electron chi connectivity index (χ4n) is 0.701. The molecule has 2 heterocycles. The van der Waals surface area contributed by atoms with Gasteiger partial charge in [0, 0.05) is 18.6 Å². The maximum Gasteiger partial charge on any atom is 0.221 e. The first-order valence-corrected chi connectivity index (χ1v) is 3.98. The van der Waals surface area contributed by atoms with Crippen LogP contribution in [-0.2, 0) is 0 Å². The number of hydrogen-bond donors (Lipinski definition) is 2. The third kappa shape index (κ3) is 4.01. The second-order valence-electron chi connectivity index (χ2n) is 2.36. The molecule has 0 amide bonds. The Hall–Kier alpha value is -2.17. The van der Waals surface area contributed by atoms with Gasteiger partial charge in [-0.25, -0.2) is 4.98 Å². The molecule has 2 rings (SSSR count). The molecule has 0 aromatic carbocycles. The van der Waals surface area contributed by atoms with Gasteiger partial charge in [-0.15, -0.1) is 0 Å². The largest absolute Gasteiger partial charge is 0.384 e. The summed E-state index contributed by atoms with van der Waals surface area (Å²) in [6, 6.07) is 7.30. The van der Waals surface area contributed by atoms with Gasteiger partial charge in [0.25, 0.3) is 0 Å². The predicted octanol–water partition coefficient (Wildman–Crippen LogP) is 0.723. The van der Waals surface area contributed by atoms with Crippen molar-refractivity contribution in [3.8, 4) is 0 Å². The van der Waals surface area contributed by atoms with Gasteiger partial charge in [0.2, 0.25) is 5.95 Å². The molecule has 0 saturated carbocycles. The molecule has 0 spiro atoms. The number of rotatable bonds is 0. The summed E-state index contributed by atoms with van der Waals surface area (Å²) in [5.74, 6) is 0.613. The Bertz CT molecular complexity index is 319. The zero-order chi connectivity index (χ0) is 10.2. The quantitative estimate of drug-likeness (QED) is 0.637. The van der Waals surface area contributed by atoms with Crippen LogP contribution >= 0.6 is 0 Å². The van der Waals surface area contributed by atoms with Crippen molar-refractivity contribution in [3.63, 3.8) is 0 Å². The van der Waals surface area contributed by atoms with Crippen LogP contribution in [-0.4, -0.2) is 15.0 Å². The van der Waals surface area contributed by atoms with Crippen molar-refractivity contribution in [1.82, 2.24) is 15.0 Å². The second kappa shape index (κ2) is 5.47. The van der Waals surface area contributed by atoms with Gasteiger partial charge < -0.3 is 11.5 Å². The van der Waals surface area contributed by atoms with Crippen LogP contribution < -0.4 is 11.5 Å². The average molecular weight is 189 g/mol. The summed E-state index contributed by atoms with van der Waals surface area (Å²) >= 11 is 0. The number of nitrogens with zero attached hydrogens (tertiary/aromatic N) is 3. The lowest BCUT2D eigenvalue weighted by atomic mass is 10.5. The molecular formula is C9H11N5. The number of nitrogens with two attached hydrogens (primary N) is 2. The molecule has 72 valence electrons. The van der Waals surface area contributed by atoms with E-state index >= 15 is 0 Å². The third-order valence-corrected chi connectivity index (χ3v) is 1.26. The van der Waals surface area contributed by atoms with Crippen LogP contribution in [0.25, 0.3) is 0 Å². The monoisotopic (exact) mass is 189 g/mol. The van der Waals surface area contributed by atoms with Crippen molar-refractivity contribution >= 4 is 11.8 Å². The Morgan fingerprint density at radius 1 is 0.929 bits per heavy atom. The zero-order valence-electron chi connectivity index (χ0n) is 7.54. The lowest BCUT2D eigenvalue weighted by molar-refractivity contribution is 1.19. The van der Waals surface area contributed by atoms with Gasteiger partial charge in [0.15, 0.2) is 0 Å². The van der Waals surface area contributed by atoms with Crippen LogP contribution in [0.1, 0.15) is 0 Å². The van der Waals surface area contributed by atoms with Crippen LogP contribution in [0.3, 0.4) is 0 Å². The molecule has 5 nitrogen and oxygen atoms in total. The van der Waals surface area contributed by atoms with Crippen LogP contribution in [0.15, 0.2) is 42.9 Å². The van der Waals surface area contributed by atoms with Gasteiger partial charge >= 0.3 is 0 Å². The summed E-state index contributed by atoms with van der Waals surface area (Å²) in [6.07, 6.45) is 5.01. The maximum atomic E-state index is 5.23. The normalized spacial score (nSPS) is 8.57. The Morgan fingerprint density at radius 2 is 1.64 bits per heavy atom. The fourth-order valence-corrected chi connectivity index (χ4v) is 0.701. The summed E-state index contributed by atoms with van der Waals surface area (Å²) in [4.78, 5) is 11.0. The average Bonchev–Trinajstić information content (AvgIpc) is 2.21. The molecule has 0 radical (unpaired) electrons. The standard InChI is InChI=1S/C5H5N.C4H6N4/c1-2-4-6-5-3-1;5-3-1-2-7-4(6)8-3/h1-5H;1-2H,(H4,5,6,7,8). The number of aromatic nitrogens is 3. The molecule has 14 heavy (non-hydrogen) atoms. The molecule has 0 aliphatic rings. The van der Waals surface area contributed by atoms with Crippen LogP contribution in [0.2, 0.25) is 0 Å². The molecule has 0 fully saturated rings. The molecule has 0 aliphatic heterocycles. The molecular weight excluding hydrogens is 178 g/mol. The van der Waals surface area contributed by atoms with Gasteiger partial charge in [-0.3, -0.25) is 4.98 Å². The van der Waals surface area contributed by atoms with E-state index in [-0.39, 0.29) is 5.95 Å². The van der Waals surface area contributed by atoms with Gasteiger partial charge in [-0.05, 0) is 18.2 Å². The molecule has 0 atom stereocenters. The SMILES string of the molecule is Nc1ccnc(N)n1.c1ccncc1. The highest BCUT2D eigenvalue weighted by atomic mass is 15.0. The first-order chi connectivity index (χ1) is 6.79. The first kappa shape index (κ1) is 9.91. The molecule has 0 unspecified atom stereocenters. The van der Waals surface area contributed by atoms with Gasteiger partial charge in [0.1, 0.15) is 5.82 Å². The summed E-state index contributed by atoms with van der Waals surface area (Å²) in [5.41, 5.74) is 10.4. The van der Waals surface area contributed by atoms with Crippen LogP contribution in [0.5, 0.6) is 0 Å². The van der Waals surface area contributed by atoms with Crippen molar-refractivity contribution < 1.29 is 0 Å². The van der Waals surface area contributed by atoms with Crippen molar-refractivity contribution in [2.45, 2.75) is 0 Å². The van der Waals surface area contributed by atoms with E-state index in [9.17, 15) is 0 Å². The Balaban J connectivity index is 0.000000146. The van der Waals surface area contributed by atoms with Gasteiger partial charge in [-0.1, -0.05) is 6.07 Å². The summed E-state index contributed by atoms with van der Waals surface area (Å²) in [7, 11) is 0. The Kier molecular flexibility index (Phi) is 3.87. The minimum absolute atomic E-state index is 0.213. The van der Waals surface area contributed by atoms with Gasteiger partial charge in [-0.2, -0.15) is 4.98 Å². The van der Waals surface area contributed by atoms with E-state index in [0.717, 1.165) is 0 Å². The number of anilines is 2. The van der Waals surface area contributed by atoms with E-state index in [1.165, 1.54) is 6.20 Å². The molecule has 0 saturated heterocycles. The van der Waals surface area contributed by atoms with Crippen LogP contribution in [0, 0.1) is 0 Å². The van der Waals surface area contributed by atoms with Crippen LogP contribution in [0.4, 0.5) is 11.8 Å². The second-order valence-corrected chi connectivity index (χ2v) is 2.36. The predicted molar refractivity (Wildman–Crippen MR) is 55.1 cm³/mol. The Labute approximate surface area is 81.8 Å². The molecule has 5 heteroatoms. The van der Waals surface area contributed by atoms with Gasteiger partial charge in [0.05, 0.1) is 0 Å². The summed E-state index contributed by atoms with van der Waals surface area (Å²) in [6.45, 7) is 0. The highest BCUT2D eigenvalue weighted by Crippen LogP contribution is 1.94. The molecule has 0 aliphatic carbocycles. The zero-order valence-corrected chi connectivity index (χ0v) is 7.54. The van der Waals surface area contributed by atoms with E-state index in [2.05, 4.69) is 15.0 Å².